The van der Waals surface area contributed by atoms with E-state index in [0.717, 1.165) is 0 Å². The Labute approximate surface area is 150 Å². The third kappa shape index (κ3) is 3.85. The molecule has 0 aromatic rings. The molecule has 3 heterocycles. The fourth-order valence-corrected chi connectivity index (χ4v) is 7.00. The maximum absolute atomic E-state index is 12.9. The van der Waals surface area contributed by atoms with E-state index < -0.39 is 37.7 Å². The van der Waals surface area contributed by atoms with Crippen LogP contribution in [0.2, 0.25) is 0 Å². The molecule has 11 heteroatoms. The van der Waals surface area contributed by atoms with Crippen molar-refractivity contribution < 1.29 is 32.7 Å². The summed E-state index contributed by atoms with van der Waals surface area (Å²) < 4.78 is 40.7. The first-order valence-corrected chi connectivity index (χ1v) is 11.6. The van der Waals surface area contributed by atoms with Crippen LogP contribution in [0.1, 0.15) is 6.92 Å². The van der Waals surface area contributed by atoms with Crippen LogP contribution in [-0.2, 0) is 27.6 Å². The second-order valence-electron chi connectivity index (χ2n) is 6.08. The van der Waals surface area contributed by atoms with Gasteiger partial charge in [-0.25, -0.2) is 4.57 Å². The van der Waals surface area contributed by atoms with Gasteiger partial charge in [0.25, 0.3) is 0 Å². The van der Waals surface area contributed by atoms with Gasteiger partial charge in [0.2, 0.25) is 0 Å². The normalized spacial score (nSPS) is 48.6. The van der Waals surface area contributed by atoms with Gasteiger partial charge in [-0.05, 0) is 6.92 Å². The van der Waals surface area contributed by atoms with Crippen LogP contribution in [0.4, 0.5) is 0 Å². The van der Waals surface area contributed by atoms with Gasteiger partial charge in [0, 0.05) is 11.5 Å². The Morgan fingerprint density at radius 2 is 2.17 bits per heavy atom. The van der Waals surface area contributed by atoms with Gasteiger partial charge < -0.3 is 14.6 Å². The summed E-state index contributed by atoms with van der Waals surface area (Å²) in [6.07, 6.45) is 3.25. The lowest BCUT2D eigenvalue weighted by atomic mass is 9.82. The van der Waals surface area contributed by atoms with E-state index in [9.17, 15) is 9.67 Å². The van der Waals surface area contributed by atoms with Gasteiger partial charge in [0.15, 0.2) is 0 Å². The summed E-state index contributed by atoms with van der Waals surface area (Å²) in [5.74, 6) is 3.66. The molecule has 3 fully saturated rings. The van der Waals surface area contributed by atoms with E-state index in [-0.39, 0.29) is 19.3 Å². The molecule has 0 bridgehead atoms. The maximum atomic E-state index is 12.9. The molecule has 0 unspecified atom stereocenters. The molecule has 3 saturated heterocycles. The highest BCUT2D eigenvalue weighted by atomic mass is 33.1. The average molecular weight is 394 g/mol. The van der Waals surface area contributed by atoms with Crippen LogP contribution >= 0.6 is 29.4 Å². The molecular weight excluding hydrogens is 374 g/mol. The summed E-state index contributed by atoms with van der Waals surface area (Å²) in [5.41, 5.74) is -1.26. The Morgan fingerprint density at radius 3 is 2.88 bits per heavy atom. The third-order valence-corrected chi connectivity index (χ3v) is 8.26. The first-order valence-electron chi connectivity index (χ1n) is 7.64. The van der Waals surface area contributed by atoms with Crippen molar-refractivity contribution in [2.24, 2.45) is 0 Å². The number of phosphoric acid groups is 1. The van der Waals surface area contributed by atoms with Crippen LogP contribution in [0.3, 0.4) is 0 Å². The zero-order chi connectivity index (χ0) is 17.4. The average Bonchev–Trinajstić information content (AvgIpc) is 2.76. The van der Waals surface area contributed by atoms with Crippen molar-refractivity contribution >= 4 is 37.3 Å². The van der Waals surface area contributed by atoms with Crippen molar-refractivity contribution in [2.45, 2.75) is 42.9 Å². The number of hydrogen-bond donors (Lipinski definition) is 1. The van der Waals surface area contributed by atoms with Gasteiger partial charge in [-0.2, -0.15) is 0 Å². The molecular formula is C13H20BO7PS2. The van der Waals surface area contributed by atoms with E-state index in [1.54, 1.807) is 36.4 Å². The fourth-order valence-electron chi connectivity index (χ4n) is 2.79. The zero-order valence-corrected chi connectivity index (χ0v) is 16.0. The first kappa shape index (κ1) is 19.1. The molecule has 1 N–H and O–H groups in total. The lowest BCUT2D eigenvalue weighted by Crippen LogP contribution is -2.49. The number of terminal acetylenes is 1. The molecule has 3 rings (SSSR count). The Bertz CT molecular complexity index is 557. The number of rotatable bonds is 4. The van der Waals surface area contributed by atoms with Gasteiger partial charge in [-0.1, -0.05) is 27.5 Å². The van der Waals surface area contributed by atoms with Crippen molar-refractivity contribution in [3.63, 3.8) is 0 Å². The van der Waals surface area contributed by atoms with Gasteiger partial charge in [0.05, 0.1) is 18.7 Å². The van der Waals surface area contributed by atoms with Crippen molar-refractivity contribution in [1.29, 1.82) is 0 Å². The van der Waals surface area contributed by atoms with Crippen LogP contribution in [0, 0.1) is 12.3 Å². The lowest BCUT2D eigenvalue weighted by Gasteiger charge is -2.38. The molecule has 7 atom stereocenters. The Hall–Kier alpha value is 0.315. The number of phosphoric ester groups is 1. The standard InChI is InChI=1S/C13H20BO7PS2/c1-3-4-17-9-6-23-24-7-10(9)20-22(16)18-5-8-11(21-22)13(2,15)12(14)19-8/h1,8-12,15H,4-7,14H2,2H3/t8-,9-,10-,11-,12-,13-,22-/m1/s1. The summed E-state index contributed by atoms with van der Waals surface area (Å²) in [6.45, 7) is 1.81. The molecule has 7 nitrogen and oxygen atoms in total. The molecule has 0 spiro atoms. The van der Waals surface area contributed by atoms with E-state index in [0.29, 0.717) is 11.5 Å². The Morgan fingerprint density at radius 1 is 1.46 bits per heavy atom. The number of fused-ring (bicyclic) bond motifs is 1. The van der Waals surface area contributed by atoms with Gasteiger partial charge in [0.1, 0.15) is 38.4 Å². The second-order valence-corrected chi connectivity index (χ2v) is 10.2. The van der Waals surface area contributed by atoms with Crippen LogP contribution in [0.15, 0.2) is 0 Å². The second kappa shape index (κ2) is 7.51. The minimum atomic E-state index is -3.82. The Balaban J connectivity index is 1.68. The molecule has 24 heavy (non-hydrogen) atoms. The molecule has 0 aromatic heterocycles. The molecule has 0 radical (unpaired) electrons. The summed E-state index contributed by atoms with van der Waals surface area (Å²) in [4.78, 5) is 0. The topological polar surface area (TPSA) is 83.5 Å². The van der Waals surface area contributed by atoms with E-state index in [4.69, 9.17) is 29.5 Å². The SMILES string of the molecule is B[C@@H]1O[C@@H]2CO[P@](=O)(O[C@@H]3CSSC[C@H]3OCC#C)O[C@H]2[C@@]1(C)O. The highest BCUT2D eigenvalue weighted by Gasteiger charge is 2.58. The lowest BCUT2D eigenvalue weighted by molar-refractivity contribution is -0.0906. The number of aliphatic hydroxyl groups is 1. The van der Waals surface area contributed by atoms with Crippen LogP contribution in [0.25, 0.3) is 0 Å². The van der Waals surface area contributed by atoms with E-state index in [2.05, 4.69) is 5.92 Å². The molecule has 0 saturated carbocycles. The van der Waals surface area contributed by atoms with Crippen molar-refractivity contribution in [3.8, 4) is 12.3 Å². The molecule has 3 aliphatic heterocycles. The predicted molar refractivity (Wildman–Crippen MR) is 94.6 cm³/mol. The molecule has 3 aliphatic rings. The summed E-state index contributed by atoms with van der Waals surface area (Å²) in [6, 6.07) is -0.448. The van der Waals surface area contributed by atoms with Crippen molar-refractivity contribution in [1.82, 2.24) is 0 Å². The Kier molecular flexibility index (Phi) is 5.97. The summed E-state index contributed by atoms with van der Waals surface area (Å²) in [7, 11) is 1.17. The van der Waals surface area contributed by atoms with E-state index in [1.165, 1.54) is 0 Å². The maximum Gasteiger partial charge on any atom is 0.475 e. The molecule has 134 valence electrons. The van der Waals surface area contributed by atoms with Gasteiger partial charge in [-0.3, -0.25) is 13.6 Å². The smallest absolute Gasteiger partial charge is 0.385 e. The molecule has 0 amide bonds. The summed E-state index contributed by atoms with van der Waals surface area (Å²) >= 11 is 0. The highest BCUT2D eigenvalue weighted by molar-refractivity contribution is 8.76. The molecule has 0 aromatic carbocycles. The number of ether oxygens (including phenoxy) is 2. The minimum Gasteiger partial charge on any atom is -0.385 e. The van der Waals surface area contributed by atoms with E-state index >= 15 is 0 Å². The van der Waals surface area contributed by atoms with Crippen LogP contribution < -0.4 is 0 Å². The van der Waals surface area contributed by atoms with Gasteiger partial charge >= 0.3 is 7.82 Å². The highest BCUT2D eigenvalue weighted by Crippen LogP contribution is 2.58. The minimum absolute atomic E-state index is 0.0485. The quantitative estimate of drug-likeness (QED) is 0.316. The van der Waals surface area contributed by atoms with E-state index in [1.807, 2.05) is 0 Å². The third-order valence-electron chi connectivity index (χ3n) is 4.36. The molecule has 0 aliphatic carbocycles. The number of hydrogen-bond acceptors (Lipinski definition) is 9. The first-order chi connectivity index (χ1) is 11.4. The summed E-state index contributed by atoms with van der Waals surface area (Å²) in [5, 5.41) is 10.5. The zero-order valence-electron chi connectivity index (χ0n) is 13.5. The van der Waals surface area contributed by atoms with Crippen molar-refractivity contribution in [2.75, 3.05) is 24.7 Å². The van der Waals surface area contributed by atoms with Gasteiger partial charge in [-0.15, -0.1) is 6.42 Å². The monoisotopic (exact) mass is 394 g/mol. The fraction of sp³-hybridized carbons (Fsp3) is 0.846. The van der Waals surface area contributed by atoms with Crippen molar-refractivity contribution in [3.05, 3.63) is 0 Å². The van der Waals surface area contributed by atoms with Crippen LogP contribution in [-0.4, -0.2) is 73.7 Å². The van der Waals surface area contributed by atoms with Crippen LogP contribution in [0.5, 0.6) is 0 Å². The largest absolute Gasteiger partial charge is 0.475 e. The predicted octanol–water partition coefficient (Wildman–Crippen LogP) is 0.417.